The Hall–Kier alpha value is -1.52. The van der Waals surface area contributed by atoms with Gasteiger partial charge in [0.2, 0.25) is 0 Å². The van der Waals surface area contributed by atoms with Gasteiger partial charge in [-0.15, -0.1) is 0 Å². The Morgan fingerprint density at radius 2 is 2.38 bits per heavy atom. The van der Waals surface area contributed by atoms with Crippen molar-refractivity contribution in [2.75, 3.05) is 5.73 Å². The highest BCUT2D eigenvalue weighted by Gasteiger charge is 2.10. The van der Waals surface area contributed by atoms with Gasteiger partial charge in [-0.1, -0.05) is 6.92 Å². The zero-order valence-electron chi connectivity index (χ0n) is 7.50. The number of H-pyrrole nitrogens is 1. The van der Waals surface area contributed by atoms with E-state index >= 15 is 0 Å². The maximum absolute atomic E-state index is 10.3. The number of aryl methyl sites for hydroxylation is 1. The standard InChI is InChI=1S/C8H13N3O2/c1-2-6-5(3-4-7(12)13)8(9)11-10-6/h2-4H2,1H3,(H,12,13)(H3,9,10,11). The summed E-state index contributed by atoms with van der Waals surface area (Å²) in [7, 11) is 0. The van der Waals surface area contributed by atoms with Crippen LogP contribution < -0.4 is 5.73 Å². The molecule has 0 spiro atoms. The second-order valence-corrected chi connectivity index (χ2v) is 2.81. The third-order valence-corrected chi connectivity index (χ3v) is 1.93. The number of nitrogen functional groups attached to an aromatic ring is 1. The average Bonchev–Trinajstić information content (AvgIpc) is 2.43. The van der Waals surface area contributed by atoms with Gasteiger partial charge in [-0.2, -0.15) is 5.10 Å². The zero-order valence-corrected chi connectivity index (χ0v) is 7.50. The summed E-state index contributed by atoms with van der Waals surface area (Å²) in [4.78, 5) is 10.3. The molecule has 0 aromatic carbocycles. The van der Waals surface area contributed by atoms with Crippen molar-refractivity contribution in [2.24, 2.45) is 0 Å². The lowest BCUT2D eigenvalue weighted by Gasteiger charge is -1.98. The monoisotopic (exact) mass is 183 g/mol. The number of rotatable bonds is 4. The predicted octanol–water partition coefficient (Wildman–Crippen LogP) is 0.572. The summed E-state index contributed by atoms with van der Waals surface area (Å²) in [5, 5.41) is 15.1. The smallest absolute Gasteiger partial charge is 0.303 e. The van der Waals surface area contributed by atoms with Crippen LogP contribution in [0.4, 0.5) is 5.82 Å². The van der Waals surface area contributed by atoms with Gasteiger partial charge in [0.1, 0.15) is 5.82 Å². The molecule has 0 radical (unpaired) electrons. The van der Waals surface area contributed by atoms with E-state index in [0.717, 1.165) is 17.7 Å². The van der Waals surface area contributed by atoms with E-state index in [0.29, 0.717) is 12.2 Å². The number of anilines is 1. The SMILES string of the molecule is CCc1[nH]nc(N)c1CCC(=O)O. The van der Waals surface area contributed by atoms with Crippen molar-refractivity contribution in [3.63, 3.8) is 0 Å². The normalized spacial score (nSPS) is 10.2. The first-order valence-corrected chi connectivity index (χ1v) is 4.18. The molecule has 1 rings (SSSR count). The molecule has 0 aliphatic carbocycles. The second-order valence-electron chi connectivity index (χ2n) is 2.81. The molecule has 0 aliphatic heterocycles. The summed E-state index contributed by atoms with van der Waals surface area (Å²) in [5.74, 6) is -0.402. The summed E-state index contributed by atoms with van der Waals surface area (Å²) < 4.78 is 0. The van der Waals surface area contributed by atoms with Crippen LogP contribution in [0.15, 0.2) is 0 Å². The Kier molecular flexibility index (Phi) is 2.89. The molecule has 0 bridgehead atoms. The van der Waals surface area contributed by atoms with E-state index in [1.807, 2.05) is 6.92 Å². The van der Waals surface area contributed by atoms with Gasteiger partial charge in [0.05, 0.1) is 0 Å². The lowest BCUT2D eigenvalue weighted by Crippen LogP contribution is -2.01. The van der Waals surface area contributed by atoms with Gasteiger partial charge in [0, 0.05) is 17.7 Å². The quantitative estimate of drug-likeness (QED) is 0.636. The largest absolute Gasteiger partial charge is 0.481 e. The Bertz CT molecular complexity index is 306. The Morgan fingerprint density at radius 3 is 2.92 bits per heavy atom. The molecular weight excluding hydrogens is 170 g/mol. The van der Waals surface area contributed by atoms with Crippen LogP contribution in [0.1, 0.15) is 24.6 Å². The third-order valence-electron chi connectivity index (χ3n) is 1.93. The van der Waals surface area contributed by atoms with Crippen LogP contribution >= 0.6 is 0 Å². The highest BCUT2D eigenvalue weighted by atomic mass is 16.4. The van der Waals surface area contributed by atoms with Crippen LogP contribution in [-0.2, 0) is 17.6 Å². The van der Waals surface area contributed by atoms with E-state index in [-0.39, 0.29) is 6.42 Å². The minimum absolute atomic E-state index is 0.0940. The Morgan fingerprint density at radius 1 is 1.69 bits per heavy atom. The highest BCUT2D eigenvalue weighted by molar-refractivity contribution is 5.67. The number of nitrogens with two attached hydrogens (primary N) is 1. The first kappa shape index (κ1) is 9.57. The lowest BCUT2D eigenvalue weighted by molar-refractivity contribution is -0.136. The molecule has 72 valence electrons. The van der Waals surface area contributed by atoms with Crippen molar-refractivity contribution in [1.82, 2.24) is 10.2 Å². The van der Waals surface area contributed by atoms with Crippen molar-refractivity contribution in [3.8, 4) is 0 Å². The van der Waals surface area contributed by atoms with Crippen LogP contribution in [-0.4, -0.2) is 21.3 Å². The predicted molar refractivity (Wildman–Crippen MR) is 48.3 cm³/mol. The van der Waals surface area contributed by atoms with E-state index in [1.165, 1.54) is 0 Å². The topological polar surface area (TPSA) is 92.0 Å². The number of hydrogen-bond acceptors (Lipinski definition) is 3. The second kappa shape index (κ2) is 3.93. The van der Waals surface area contributed by atoms with Gasteiger partial charge in [0.25, 0.3) is 0 Å². The van der Waals surface area contributed by atoms with Crippen molar-refractivity contribution >= 4 is 11.8 Å². The number of aliphatic carboxylic acids is 1. The van der Waals surface area contributed by atoms with Crippen molar-refractivity contribution < 1.29 is 9.90 Å². The molecule has 4 N–H and O–H groups in total. The fraction of sp³-hybridized carbons (Fsp3) is 0.500. The summed E-state index contributed by atoms with van der Waals surface area (Å²) in [6.07, 6.45) is 1.33. The van der Waals surface area contributed by atoms with Crippen molar-refractivity contribution in [3.05, 3.63) is 11.3 Å². The maximum Gasteiger partial charge on any atom is 0.303 e. The molecule has 1 heterocycles. The molecule has 0 amide bonds. The van der Waals surface area contributed by atoms with E-state index in [4.69, 9.17) is 10.8 Å². The molecule has 1 aromatic rings. The number of carboxylic acids is 1. The van der Waals surface area contributed by atoms with Crippen LogP contribution in [0.5, 0.6) is 0 Å². The minimum Gasteiger partial charge on any atom is -0.481 e. The summed E-state index contributed by atoms with van der Waals surface area (Å²) in [6.45, 7) is 1.97. The number of nitrogens with zero attached hydrogens (tertiary/aromatic N) is 1. The van der Waals surface area contributed by atoms with Crippen LogP contribution in [0.25, 0.3) is 0 Å². The third kappa shape index (κ3) is 2.21. The van der Waals surface area contributed by atoms with Crippen LogP contribution in [0.2, 0.25) is 0 Å². The number of nitrogens with one attached hydrogen (secondary N) is 1. The Labute approximate surface area is 75.9 Å². The molecule has 5 heteroatoms. The first-order chi connectivity index (χ1) is 6.15. The van der Waals surface area contributed by atoms with Gasteiger partial charge >= 0.3 is 5.97 Å². The number of carboxylic acid groups (broad SMARTS) is 1. The van der Waals surface area contributed by atoms with Crippen LogP contribution in [0.3, 0.4) is 0 Å². The highest BCUT2D eigenvalue weighted by Crippen LogP contribution is 2.15. The number of aromatic amines is 1. The van der Waals surface area contributed by atoms with E-state index < -0.39 is 5.97 Å². The lowest BCUT2D eigenvalue weighted by atomic mass is 10.1. The van der Waals surface area contributed by atoms with E-state index in [2.05, 4.69) is 10.2 Å². The molecule has 0 aliphatic rings. The summed E-state index contributed by atoms with van der Waals surface area (Å²) in [6, 6.07) is 0. The van der Waals surface area contributed by atoms with Gasteiger partial charge in [0.15, 0.2) is 0 Å². The minimum atomic E-state index is -0.817. The molecule has 0 unspecified atom stereocenters. The van der Waals surface area contributed by atoms with Gasteiger partial charge in [-0.3, -0.25) is 9.89 Å². The van der Waals surface area contributed by atoms with E-state index in [9.17, 15) is 4.79 Å². The summed E-state index contributed by atoms with van der Waals surface area (Å²) in [5.41, 5.74) is 7.34. The van der Waals surface area contributed by atoms with Gasteiger partial charge in [-0.25, -0.2) is 0 Å². The first-order valence-electron chi connectivity index (χ1n) is 4.18. The number of aromatic nitrogens is 2. The molecule has 0 saturated carbocycles. The summed E-state index contributed by atoms with van der Waals surface area (Å²) >= 11 is 0. The van der Waals surface area contributed by atoms with Crippen molar-refractivity contribution in [2.45, 2.75) is 26.2 Å². The molecular formula is C8H13N3O2. The van der Waals surface area contributed by atoms with E-state index in [1.54, 1.807) is 0 Å². The molecule has 0 fully saturated rings. The molecule has 13 heavy (non-hydrogen) atoms. The molecule has 0 atom stereocenters. The number of hydrogen-bond donors (Lipinski definition) is 3. The molecule has 5 nitrogen and oxygen atoms in total. The van der Waals surface area contributed by atoms with Gasteiger partial charge in [-0.05, 0) is 12.8 Å². The van der Waals surface area contributed by atoms with Crippen LogP contribution in [0, 0.1) is 0 Å². The maximum atomic E-state index is 10.3. The fourth-order valence-corrected chi connectivity index (χ4v) is 1.22. The molecule has 1 aromatic heterocycles. The fourth-order valence-electron chi connectivity index (χ4n) is 1.22. The Balaban J connectivity index is 2.73. The average molecular weight is 183 g/mol. The molecule has 0 saturated heterocycles. The van der Waals surface area contributed by atoms with Gasteiger partial charge < -0.3 is 10.8 Å². The number of carbonyl (C=O) groups is 1. The zero-order chi connectivity index (χ0) is 9.84. The van der Waals surface area contributed by atoms with Crippen molar-refractivity contribution in [1.29, 1.82) is 0 Å².